The highest BCUT2D eigenvalue weighted by molar-refractivity contribution is 9.10. The third-order valence-electron chi connectivity index (χ3n) is 1.71. The first-order chi connectivity index (χ1) is 7.10. The lowest BCUT2D eigenvalue weighted by molar-refractivity contribution is 0.265. The molecule has 0 saturated carbocycles. The summed E-state index contributed by atoms with van der Waals surface area (Å²) in [6, 6.07) is 4.69. The van der Waals surface area contributed by atoms with Gasteiger partial charge in [0.1, 0.15) is 6.07 Å². The van der Waals surface area contributed by atoms with Crippen molar-refractivity contribution in [1.82, 2.24) is 0 Å². The number of hydrogen-bond acceptors (Lipinski definition) is 2. The van der Waals surface area contributed by atoms with Crippen molar-refractivity contribution in [3.8, 4) is 24.2 Å². The number of hydrogen-bond donors (Lipinski definition) is 0. The molecule has 0 heterocycles. The van der Waals surface area contributed by atoms with E-state index in [4.69, 9.17) is 16.4 Å². The summed E-state index contributed by atoms with van der Waals surface area (Å²) in [5, 5.41) is 8.64. The summed E-state index contributed by atoms with van der Waals surface area (Å²) in [5.74, 6) is 1.74. The predicted octanol–water partition coefficient (Wildman–Crippen LogP) is 2.86. The zero-order valence-electron chi connectivity index (χ0n) is 7.92. The fourth-order valence-corrected chi connectivity index (χ4v) is 1.35. The highest BCUT2D eigenvalue weighted by Crippen LogP contribution is 2.28. The highest BCUT2D eigenvalue weighted by Gasteiger charge is 2.13. The van der Waals surface area contributed by atoms with E-state index >= 15 is 0 Å². The first-order valence-electron chi connectivity index (χ1n) is 4.11. The molecule has 0 fully saturated rings. The van der Waals surface area contributed by atoms with Gasteiger partial charge in [0.05, 0.1) is 10.0 Å². The third-order valence-corrected chi connectivity index (χ3v) is 2.48. The molecule has 1 unspecified atom stereocenters. The van der Waals surface area contributed by atoms with Crippen LogP contribution in [0.5, 0.6) is 5.75 Å². The Morgan fingerprint density at radius 2 is 2.27 bits per heavy atom. The fraction of sp³-hybridized carbons (Fsp3) is 0.182. The molecular weight excluding hydrogens is 261 g/mol. The molecule has 0 amide bonds. The number of halogens is 2. The number of nitrogens with zero attached hydrogens (tertiary/aromatic N) is 1. The number of terminal acetylenes is 1. The zero-order chi connectivity index (χ0) is 11.4. The van der Waals surface area contributed by atoms with Crippen LogP contribution in [-0.4, -0.2) is 6.10 Å². The highest BCUT2D eigenvalue weighted by atomic mass is 79.9. The maximum Gasteiger partial charge on any atom is 0.180 e. The number of rotatable bonds is 2. The van der Waals surface area contributed by atoms with Gasteiger partial charge >= 0.3 is 0 Å². The monoisotopic (exact) mass is 267 g/mol. The van der Waals surface area contributed by atoms with E-state index in [0.717, 1.165) is 0 Å². The Bertz CT molecular complexity index is 459. The van der Waals surface area contributed by atoms with E-state index in [2.05, 4.69) is 21.9 Å². The van der Waals surface area contributed by atoms with E-state index < -0.39 is 11.9 Å². The third kappa shape index (κ3) is 2.49. The van der Waals surface area contributed by atoms with E-state index in [-0.39, 0.29) is 15.8 Å². The Labute approximate surface area is 95.8 Å². The number of nitriles is 1. The molecule has 0 saturated heterocycles. The Kier molecular flexibility index (Phi) is 3.71. The first kappa shape index (κ1) is 11.6. The molecule has 0 radical (unpaired) electrons. The van der Waals surface area contributed by atoms with E-state index in [9.17, 15) is 4.39 Å². The van der Waals surface area contributed by atoms with Crippen molar-refractivity contribution in [2.45, 2.75) is 13.0 Å². The minimum absolute atomic E-state index is 0.0336. The lowest BCUT2D eigenvalue weighted by Gasteiger charge is -2.10. The maximum absolute atomic E-state index is 13.6. The summed E-state index contributed by atoms with van der Waals surface area (Å²) in [6.07, 6.45) is 4.59. The molecule has 0 bridgehead atoms. The van der Waals surface area contributed by atoms with Crippen molar-refractivity contribution in [3.05, 3.63) is 28.0 Å². The summed E-state index contributed by atoms with van der Waals surface area (Å²) in [7, 11) is 0. The minimum Gasteiger partial charge on any atom is -0.475 e. The van der Waals surface area contributed by atoms with Crippen LogP contribution >= 0.6 is 15.9 Å². The van der Waals surface area contributed by atoms with Crippen molar-refractivity contribution in [2.24, 2.45) is 0 Å². The van der Waals surface area contributed by atoms with Crippen LogP contribution in [-0.2, 0) is 0 Å². The van der Waals surface area contributed by atoms with Crippen LogP contribution in [0, 0.1) is 29.5 Å². The van der Waals surface area contributed by atoms with Gasteiger partial charge in [0.25, 0.3) is 0 Å². The smallest absolute Gasteiger partial charge is 0.180 e. The van der Waals surface area contributed by atoms with Gasteiger partial charge < -0.3 is 4.74 Å². The Hall–Kier alpha value is -1.52. The summed E-state index contributed by atoms with van der Waals surface area (Å²) in [6.45, 7) is 1.63. The Balaban J connectivity index is 3.09. The average Bonchev–Trinajstić information content (AvgIpc) is 2.25. The molecular formula is C11H7BrFNO. The van der Waals surface area contributed by atoms with Crippen LogP contribution in [0.3, 0.4) is 0 Å². The molecule has 0 aromatic heterocycles. The van der Waals surface area contributed by atoms with Gasteiger partial charge in [-0.1, -0.05) is 5.92 Å². The average molecular weight is 268 g/mol. The first-order valence-corrected chi connectivity index (χ1v) is 4.90. The summed E-state index contributed by atoms with van der Waals surface area (Å²) >= 11 is 2.97. The van der Waals surface area contributed by atoms with E-state index in [1.54, 1.807) is 6.92 Å². The molecule has 2 nitrogen and oxygen atoms in total. The van der Waals surface area contributed by atoms with E-state index in [0.29, 0.717) is 0 Å². The molecule has 0 N–H and O–H groups in total. The molecule has 76 valence electrons. The van der Waals surface area contributed by atoms with Gasteiger partial charge in [0.15, 0.2) is 17.7 Å². The maximum atomic E-state index is 13.6. The van der Waals surface area contributed by atoms with Gasteiger partial charge in [0.2, 0.25) is 0 Å². The normalized spacial score (nSPS) is 11.3. The quantitative estimate of drug-likeness (QED) is 0.772. The molecule has 15 heavy (non-hydrogen) atoms. The van der Waals surface area contributed by atoms with Crippen molar-refractivity contribution >= 4 is 15.9 Å². The summed E-state index contributed by atoms with van der Waals surface area (Å²) in [5.41, 5.74) is 0.216. The van der Waals surface area contributed by atoms with Crippen LogP contribution in [0.15, 0.2) is 16.6 Å². The predicted molar refractivity (Wildman–Crippen MR) is 57.7 cm³/mol. The second-order valence-electron chi connectivity index (χ2n) is 2.78. The molecule has 1 aromatic carbocycles. The van der Waals surface area contributed by atoms with Crippen LogP contribution in [0.25, 0.3) is 0 Å². The molecule has 1 rings (SSSR count). The lowest BCUT2D eigenvalue weighted by Crippen LogP contribution is -2.09. The molecule has 1 atom stereocenters. The van der Waals surface area contributed by atoms with Crippen molar-refractivity contribution in [3.63, 3.8) is 0 Å². The Morgan fingerprint density at radius 3 is 2.80 bits per heavy atom. The van der Waals surface area contributed by atoms with Gasteiger partial charge in [-0.15, -0.1) is 6.42 Å². The molecule has 4 heteroatoms. The topological polar surface area (TPSA) is 33.0 Å². The number of ether oxygens (including phenoxy) is 1. The van der Waals surface area contributed by atoms with E-state index in [1.165, 1.54) is 12.1 Å². The summed E-state index contributed by atoms with van der Waals surface area (Å²) in [4.78, 5) is 0. The second-order valence-corrected chi connectivity index (χ2v) is 3.57. The Morgan fingerprint density at radius 1 is 1.60 bits per heavy atom. The molecule has 0 aliphatic carbocycles. The van der Waals surface area contributed by atoms with Crippen LogP contribution in [0.4, 0.5) is 4.39 Å². The van der Waals surface area contributed by atoms with Gasteiger partial charge in [-0.05, 0) is 35.0 Å². The molecule has 1 aromatic rings. The van der Waals surface area contributed by atoms with Crippen molar-refractivity contribution in [1.29, 1.82) is 5.26 Å². The summed E-state index contributed by atoms with van der Waals surface area (Å²) < 4.78 is 18.8. The van der Waals surface area contributed by atoms with Gasteiger partial charge in [-0.25, -0.2) is 4.39 Å². The molecule has 0 aliphatic heterocycles. The largest absolute Gasteiger partial charge is 0.475 e. The van der Waals surface area contributed by atoms with E-state index in [1.807, 2.05) is 6.07 Å². The minimum atomic E-state index is -0.615. The van der Waals surface area contributed by atoms with Gasteiger partial charge in [0, 0.05) is 0 Å². The van der Waals surface area contributed by atoms with Crippen molar-refractivity contribution in [2.75, 3.05) is 0 Å². The van der Waals surface area contributed by atoms with Crippen LogP contribution < -0.4 is 4.74 Å². The molecule has 0 spiro atoms. The van der Waals surface area contributed by atoms with Crippen LogP contribution in [0.1, 0.15) is 12.5 Å². The standard InChI is InChI=1S/C11H7BrFNO/c1-3-7(2)15-9-5-4-8(6-14)10(12)11(9)13/h1,4-5,7H,2H3. The van der Waals surface area contributed by atoms with Crippen molar-refractivity contribution < 1.29 is 9.13 Å². The van der Waals surface area contributed by atoms with Gasteiger partial charge in [-0.2, -0.15) is 5.26 Å². The fourth-order valence-electron chi connectivity index (χ4n) is 0.934. The zero-order valence-corrected chi connectivity index (χ0v) is 9.51. The number of benzene rings is 1. The SMILES string of the molecule is C#CC(C)Oc1ccc(C#N)c(Br)c1F. The lowest BCUT2D eigenvalue weighted by atomic mass is 10.2. The van der Waals surface area contributed by atoms with Gasteiger partial charge in [-0.3, -0.25) is 0 Å². The second kappa shape index (κ2) is 4.82. The van der Waals surface area contributed by atoms with Crippen LogP contribution in [0.2, 0.25) is 0 Å². The molecule has 0 aliphatic rings.